The van der Waals surface area contributed by atoms with Crippen molar-refractivity contribution < 1.29 is 23.0 Å². The topological polar surface area (TPSA) is 29.5 Å². The molecule has 5 heteroatoms. The van der Waals surface area contributed by atoms with Crippen LogP contribution in [-0.2, 0) is 4.74 Å². The van der Waals surface area contributed by atoms with E-state index in [1.807, 2.05) is 0 Å². The van der Waals surface area contributed by atoms with Gasteiger partial charge in [0.1, 0.15) is 0 Å². The number of aliphatic hydroxyl groups is 1. The highest BCUT2D eigenvalue weighted by Gasteiger charge is 2.62. The molecule has 2 saturated heterocycles. The van der Waals surface area contributed by atoms with Gasteiger partial charge in [-0.3, -0.25) is 0 Å². The summed E-state index contributed by atoms with van der Waals surface area (Å²) in [6.07, 6.45) is -3.44. The Hall–Kier alpha value is -0.290. The summed E-state index contributed by atoms with van der Waals surface area (Å²) in [5.74, 6) is 0. The fraction of sp³-hybridized carbons (Fsp3) is 1.00. The molecule has 0 aromatic rings. The van der Waals surface area contributed by atoms with Crippen LogP contribution >= 0.6 is 0 Å². The van der Waals surface area contributed by atoms with E-state index in [1.54, 1.807) is 0 Å². The summed E-state index contributed by atoms with van der Waals surface area (Å²) in [7, 11) is 0. The molecule has 2 heterocycles. The van der Waals surface area contributed by atoms with Crippen molar-refractivity contribution in [3.8, 4) is 0 Å². The van der Waals surface area contributed by atoms with Crippen LogP contribution in [0.1, 0.15) is 25.7 Å². The molecular weight excluding hydrogens is 197 g/mol. The van der Waals surface area contributed by atoms with Crippen LogP contribution in [0.25, 0.3) is 0 Å². The van der Waals surface area contributed by atoms with E-state index in [4.69, 9.17) is 9.84 Å². The second-order valence-electron chi connectivity index (χ2n) is 4.44. The minimum Gasteiger partial charge on any atom is -0.396 e. The maximum absolute atomic E-state index is 12.7. The third kappa shape index (κ3) is 1.26. The van der Waals surface area contributed by atoms with Gasteiger partial charge in [0.15, 0.2) is 5.60 Å². The Labute approximate surface area is 80.1 Å². The van der Waals surface area contributed by atoms with Crippen LogP contribution < -0.4 is 0 Å². The number of alkyl halides is 3. The fourth-order valence-electron chi connectivity index (χ4n) is 2.33. The Kier molecular flexibility index (Phi) is 2.09. The maximum atomic E-state index is 12.7. The molecule has 1 aliphatic carbocycles. The zero-order valence-corrected chi connectivity index (χ0v) is 7.73. The zero-order chi connectivity index (χ0) is 10.4. The van der Waals surface area contributed by atoms with E-state index < -0.39 is 17.2 Å². The molecule has 0 atom stereocenters. The highest BCUT2D eigenvalue weighted by molar-refractivity contribution is 5.02. The van der Waals surface area contributed by atoms with Gasteiger partial charge in [0.2, 0.25) is 0 Å². The first-order valence-electron chi connectivity index (χ1n) is 4.75. The summed E-state index contributed by atoms with van der Waals surface area (Å²) >= 11 is 0. The highest BCUT2D eigenvalue weighted by Crippen LogP contribution is 2.54. The molecular formula is C9H13F3O2. The molecule has 14 heavy (non-hydrogen) atoms. The first kappa shape index (κ1) is 10.2. The smallest absolute Gasteiger partial charge is 0.396 e. The molecule has 0 aromatic carbocycles. The molecule has 0 amide bonds. The van der Waals surface area contributed by atoms with Gasteiger partial charge in [-0.1, -0.05) is 0 Å². The third-order valence-electron chi connectivity index (χ3n) is 3.63. The standard InChI is InChI=1S/C9H13F3O2/c10-9(11,12)8-3-1-7(5-13,2-4-8)6-14-8/h13H,1-6H2. The van der Waals surface area contributed by atoms with Crippen molar-refractivity contribution in [2.45, 2.75) is 37.5 Å². The Balaban J connectivity index is 2.17. The fourth-order valence-corrected chi connectivity index (χ4v) is 2.33. The molecule has 2 bridgehead atoms. The van der Waals surface area contributed by atoms with E-state index in [2.05, 4.69) is 0 Å². The van der Waals surface area contributed by atoms with Gasteiger partial charge in [-0.15, -0.1) is 0 Å². The van der Waals surface area contributed by atoms with Crippen LogP contribution in [0, 0.1) is 5.41 Å². The summed E-state index contributed by atoms with van der Waals surface area (Å²) in [5.41, 5.74) is -2.31. The molecule has 1 N–H and O–H groups in total. The minimum absolute atomic E-state index is 0.00292. The van der Waals surface area contributed by atoms with Gasteiger partial charge in [-0.2, -0.15) is 13.2 Å². The van der Waals surface area contributed by atoms with Crippen molar-refractivity contribution >= 4 is 0 Å². The van der Waals surface area contributed by atoms with E-state index in [0.29, 0.717) is 12.8 Å². The quantitative estimate of drug-likeness (QED) is 0.716. The molecule has 2 aliphatic heterocycles. The van der Waals surface area contributed by atoms with E-state index in [1.165, 1.54) is 0 Å². The second-order valence-corrected chi connectivity index (χ2v) is 4.44. The zero-order valence-electron chi connectivity index (χ0n) is 7.73. The largest absolute Gasteiger partial charge is 0.417 e. The highest BCUT2D eigenvalue weighted by atomic mass is 19.4. The number of ether oxygens (including phenoxy) is 1. The van der Waals surface area contributed by atoms with Gasteiger partial charge in [0, 0.05) is 5.41 Å². The van der Waals surface area contributed by atoms with Crippen LogP contribution in [-0.4, -0.2) is 30.1 Å². The lowest BCUT2D eigenvalue weighted by Crippen LogP contribution is -2.59. The average Bonchev–Trinajstić information content (AvgIpc) is 2.19. The lowest BCUT2D eigenvalue weighted by molar-refractivity contribution is -0.329. The molecule has 3 rings (SSSR count). The van der Waals surface area contributed by atoms with E-state index in [-0.39, 0.29) is 26.1 Å². The van der Waals surface area contributed by atoms with E-state index >= 15 is 0 Å². The van der Waals surface area contributed by atoms with Gasteiger partial charge >= 0.3 is 6.18 Å². The first-order valence-corrected chi connectivity index (χ1v) is 4.75. The molecule has 0 unspecified atom stereocenters. The first-order chi connectivity index (χ1) is 6.43. The monoisotopic (exact) mass is 210 g/mol. The van der Waals surface area contributed by atoms with Gasteiger partial charge in [-0.05, 0) is 25.7 Å². The number of halogens is 3. The Bertz CT molecular complexity index is 212. The van der Waals surface area contributed by atoms with Crippen molar-refractivity contribution in [1.82, 2.24) is 0 Å². The van der Waals surface area contributed by atoms with Crippen LogP contribution in [0.4, 0.5) is 13.2 Å². The SMILES string of the molecule is OCC12CCC(C(F)(F)F)(CC1)OC2. The van der Waals surface area contributed by atoms with Crippen molar-refractivity contribution in [1.29, 1.82) is 0 Å². The Morgan fingerprint density at radius 1 is 1.14 bits per heavy atom. The summed E-state index contributed by atoms with van der Waals surface area (Å²) in [6.45, 7) is -0.0239. The third-order valence-corrected chi connectivity index (χ3v) is 3.63. The van der Waals surface area contributed by atoms with Gasteiger partial charge in [0.25, 0.3) is 0 Å². The summed E-state index contributed by atoms with van der Waals surface area (Å²) in [6, 6.07) is 0. The van der Waals surface area contributed by atoms with Crippen molar-refractivity contribution in [3.05, 3.63) is 0 Å². The van der Waals surface area contributed by atoms with Crippen LogP contribution in [0.5, 0.6) is 0 Å². The van der Waals surface area contributed by atoms with Crippen LogP contribution in [0.15, 0.2) is 0 Å². The van der Waals surface area contributed by atoms with Crippen molar-refractivity contribution in [3.63, 3.8) is 0 Å². The molecule has 0 spiro atoms. The predicted molar refractivity (Wildman–Crippen MR) is 42.7 cm³/mol. The van der Waals surface area contributed by atoms with Crippen molar-refractivity contribution in [2.75, 3.05) is 13.2 Å². The van der Waals surface area contributed by atoms with Crippen molar-refractivity contribution in [2.24, 2.45) is 5.41 Å². The summed E-state index contributed by atoms with van der Waals surface area (Å²) in [5, 5.41) is 9.09. The Morgan fingerprint density at radius 2 is 1.71 bits per heavy atom. The number of fused-ring (bicyclic) bond motifs is 3. The number of hydrogen-bond acceptors (Lipinski definition) is 2. The molecule has 0 aromatic heterocycles. The molecule has 3 aliphatic rings. The molecule has 1 saturated carbocycles. The van der Waals surface area contributed by atoms with Gasteiger partial charge in [0.05, 0.1) is 13.2 Å². The number of aliphatic hydroxyl groups excluding tert-OH is 1. The number of hydrogen-bond donors (Lipinski definition) is 1. The second kappa shape index (κ2) is 2.85. The normalized spacial score (nSPS) is 42.9. The maximum Gasteiger partial charge on any atom is 0.417 e. The summed E-state index contributed by atoms with van der Waals surface area (Å²) < 4.78 is 42.9. The summed E-state index contributed by atoms with van der Waals surface area (Å²) in [4.78, 5) is 0. The van der Waals surface area contributed by atoms with Crippen LogP contribution in [0.2, 0.25) is 0 Å². The number of rotatable bonds is 1. The molecule has 82 valence electrons. The lowest BCUT2D eigenvalue weighted by atomic mass is 9.66. The van der Waals surface area contributed by atoms with Gasteiger partial charge in [-0.25, -0.2) is 0 Å². The van der Waals surface area contributed by atoms with E-state index in [0.717, 1.165) is 0 Å². The molecule has 3 fully saturated rings. The predicted octanol–water partition coefficient (Wildman–Crippen LogP) is 1.87. The minimum atomic E-state index is -4.27. The van der Waals surface area contributed by atoms with E-state index in [9.17, 15) is 13.2 Å². The average molecular weight is 210 g/mol. The Morgan fingerprint density at radius 3 is 2.00 bits per heavy atom. The molecule has 2 nitrogen and oxygen atoms in total. The lowest BCUT2D eigenvalue weighted by Gasteiger charge is -2.52. The van der Waals surface area contributed by atoms with Gasteiger partial charge < -0.3 is 9.84 Å². The van der Waals surface area contributed by atoms with Crippen LogP contribution in [0.3, 0.4) is 0 Å². The molecule has 0 radical (unpaired) electrons.